The molecule has 0 saturated carbocycles. The molecule has 0 radical (unpaired) electrons. The lowest BCUT2D eigenvalue weighted by molar-refractivity contribution is 0.581. The third-order valence-corrected chi connectivity index (χ3v) is 2.80. The molecule has 0 aliphatic carbocycles. The topological polar surface area (TPSA) is 12.0 Å². The highest BCUT2D eigenvalue weighted by molar-refractivity contribution is 6.33. The summed E-state index contributed by atoms with van der Waals surface area (Å²) in [4.78, 5) is 0. The highest BCUT2D eigenvalue weighted by Gasteiger charge is 2.08. The van der Waals surface area contributed by atoms with Gasteiger partial charge in [-0.3, -0.25) is 0 Å². The number of hydrogen-bond acceptors (Lipinski definition) is 1. The zero-order chi connectivity index (χ0) is 11.3. The predicted molar refractivity (Wildman–Crippen MR) is 67.7 cm³/mol. The lowest BCUT2D eigenvalue weighted by Gasteiger charge is -2.15. The second-order valence-corrected chi connectivity index (χ2v) is 4.26. The highest BCUT2D eigenvalue weighted by Crippen LogP contribution is 2.25. The van der Waals surface area contributed by atoms with Crippen molar-refractivity contribution in [3.05, 3.63) is 46.5 Å². The normalized spacial score (nSPS) is 12.5. The van der Waals surface area contributed by atoms with Crippen LogP contribution in [0.5, 0.6) is 0 Å². The van der Waals surface area contributed by atoms with E-state index in [0.717, 1.165) is 23.6 Å². The molecule has 82 valence electrons. The van der Waals surface area contributed by atoms with Crippen molar-refractivity contribution < 1.29 is 0 Å². The van der Waals surface area contributed by atoms with Gasteiger partial charge in [0.1, 0.15) is 0 Å². The van der Waals surface area contributed by atoms with Gasteiger partial charge in [-0.2, -0.15) is 0 Å². The van der Waals surface area contributed by atoms with Crippen LogP contribution < -0.4 is 5.32 Å². The molecule has 0 spiro atoms. The SMILES string of the molecule is C=CCCNC(C)c1cc(Cl)ccc1Cl. The molecule has 0 heterocycles. The maximum atomic E-state index is 6.09. The van der Waals surface area contributed by atoms with Crippen molar-refractivity contribution in [1.82, 2.24) is 5.32 Å². The minimum atomic E-state index is 0.205. The molecule has 1 aromatic rings. The van der Waals surface area contributed by atoms with E-state index in [1.54, 1.807) is 6.07 Å². The first-order chi connectivity index (χ1) is 7.15. The first-order valence-electron chi connectivity index (χ1n) is 4.94. The molecule has 0 aliphatic heterocycles. The maximum absolute atomic E-state index is 6.09. The average Bonchev–Trinajstić information content (AvgIpc) is 2.22. The minimum absolute atomic E-state index is 0.205. The number of benzene rings is 1. The zero-order valence-electron chi connectivity index (χ0n) is 8.76. The van der Waals surface area contributed by atoms with E-state index in [9.17, 15) is 0 Å². The van der Waals surface area contributed by atoms with Gasteiger partial charge in [-0.15, -0.1) is 6.58 Å². The van der Waals surface area contributed by atoms with Crippen molar-refractivity contribution in [2.24, 2.45) is 0 Å². The van der Waals surface area contributed by atoms with Gasteiger partial charge >= 0.3 is 0 Å². The van der Waals surface area contributed by atoms with E-state index in [1.807, 2.05) is 18.2 Å². The van der Waals surface area contributed by atoms with Gasteiger partial charge in [0, 0.05) is 16.1 Å². The fourth-order valence-electron chi connectivity index (χ4n) is 1.36. The monoisotopic (exact) mass is 243 g/mol. The van der Waals surface area contributed by atoms with E-state index in [1.165, 1.54) is 0 Å². The second-order valence-electron chi connectivity index (χ2n) is 3.42. The van der Waals surface area contributed by atoms with E-state index in [2.05, 4.69) is 18.8 Å². The Bertz CT molecular complexity index is 336. The molecule has 1 aromatic carbocycles. The average molecular weight is 244 g/mol. The molecule has 1 nitrogen and oxygen atoms in total. The van der Waals surface area contributed by atoms with Gasteiger partial charge in [0.25, 0.3) is 0 Å². The lowest BCUT2D eigenvalue weighted by Crippen LogP contribution is -2.19. The molecule has 1 unspecified atom stereocenters. The van der Waals surface area contributed by atoms with Crippen LogP contribution in [0.25, 0.3) is 0 Å². The molecule has 0 bridgehead atoms. The van der Waals surface area contributed by atoms with Gasteiger partial charge in [0.2, 0.25) is 0 Å². The Morgan fingerprint density at radius 3 is 2.87 bits per heavy atom. The number of rotatable bonds is 5. The highest BCUT2D eigenvalue weighted by atomic mass is 35.5. The van der Waals surface area contributed by atoms with Crippen molar-refractivity contribution >= 4 is 23.2 Å². The molecule has 1 atom stereocenters. The smallest absolute Gasteiger partial charge is 0.0454 e. The molecule has 0 fully saturated rings. The Labute approximate surface area is 101 Å². The fourth-order valence-corrected chi connectivity index (χ4v) is 1.82. The van der Waals surface area contributed by atoms with Gasteiger partial charge in [-0.1, -0.05) is 29.3 Å². The molecule has 1 N–H and O–H groups in total. The van der Waals surface area contributed by atoms with Crippen LogP contribution >= 0.6 is 23.2 Å². The first-order valence-corrected chi connectivity index (χ1v) is 5.70. The van der Waals surface area contributed by atoms with E-state index >= 15 is 0 Å². The van der Waals surface area contributed by atoms with Crippen LogP contribution in [0.15, 0.2) is 30.9 Å². The van der Waals surface area contributed by atoms with Crippen molar-refractivity contribution in [1.29, 1.82) is 0 Å². The van der Waals surface area contributed by atoms with Crippen LogP contribution in [0.3, 0.4) is 0 Å². The Morgan fingerprint density at radius 2 is 2.20 bits per heavy atom. The fraction of sp³-hybridized carbons (Fsp3) is 0.333. The third kappa shape index (κ3) is 3.86. The summed E-state index contributed by atoms with van der Waals surface area (Å²) in [6, 6.07) is 5.72. The summed E-state index contributed by atoms with van der Waals surface area (Å²) >= 11 is 12.0. The summed E-state index contributed by atoms with van der Waals surface area (Å²) in [7, 11) is 0. The van der Waals surface area contributed by atoms with Gasteiger partial charge in [-0.05, 0) is 43.7 Å². The van der Waals surface area contributed by atoms with Crippen molar-refractivity contribution in [3.8, 4) is 0 Å². The molecule has 0 aliphatic rings. The van der Waals surface area contributed by atoms with E-state index in [4.69, 9.17) is 23.2 Å². The zero-order valence-corrected chi connectivity index (χ0v) is 10.3. The van der Waals surface area contributed by atoms with Gasteiger partial charge in [0.05, 0.1) is 0 Å². The molecular weight excluding hydrogens is 229 g/mol. The van der Waals surface area contributed by atoms with Crippen molar-refractivity contribution in [2.45, 2.75) is 19.4 Å². The van der Waals surface area contributed by atoms with E-state index in [0.29, 0.717) is 5.02 Å². The molecular formula is C12H15Cl2N. The Hall–Kier alpha value is -0.500. The molecule has 1 rings (SSSR count). The van der Waals surface area contributed by atoms with E-state index in [-0.39, 0.29) is 6.04 Å². The molecule has 0 amide bonds. The van der Waals surface area contributed by atoms with Crippen molar-refractivity contribution in [3.63, 3.8) is 0 Å². The second kappa shape index (κ2) is 6.16. The summed E-state index contributed by atoms with van der Waals surface area (Å²) in [6.45, 7) is 6.64. The number of halogens is 2. The van der Waals surface area contributed by atoms with Crippen LogP contribution in [-0.4, -0.2) is 6.54 Å². The molecule has 0 aromatic heterocycles. The van der Waals surface area contributed by atoms with Crippen LogP contribution in [0.1, 0.15) is 24.9 Å². The number of hydrogen-bond donors (Lipinski definition) is 1. The summed E-state index contributed by atoms with van der Waals surface area (Å²) in [5.41, 5.74) is 1.04. The molecule has 3 heteroatoms. The summed E-state index contributed by atoms with van der Waals surface area (Å²) in [6.07, 6.45) is 2.84. The van der Waals surface area contributed by atoms with Crippen molar-refractivity contribution in [2.75, 3.05) is 6.54 Å². The largest absolute Gasteiger partial charge is 0.310 e. The van der Waals surface area contributed by atoms with Crippen LogP contribution in [0, 0.1) is 0 Å². The maximum Gasteiger partial charge on any atom is 0.0454 e. The summed E-state index contributed by atoms with van der Waals surface area (Å²) in [5.74, 6) is 0. The Balaban J connectivity index is 2.67. The lowest BCUT2D eigenvalue weighted by atomic mass is 10.1. The third-order valence-electron chi connectivity index (χ3n) is 2.22. The van der Waals surface area contributed by atoms with Gasteiger partial charge in [0.15, 0.2) is 0 Å². The Morgan fingerprint density at radius 1 is 1.47 bits per heavy atom. The standard InChI is InChI=1S/C12H15Cl2N/c1-3-4-7-15-9(2)11-8-10(13)5-6-12(11)14/h3,5-6,8-9,15H,1,4,7H2,2H3. The first kappa shape index (κ1) is 12.6. The summed E-state index contributed by atoms with van der Waals surface area (Å²) < 4.78 is 0. The van der Waals surface area contributed by atoms with Crippen LogP contribution in [-0.2, 0) is 0 Å². The van der Waals surface area contributed by atoms with Gasteiger partial charge < -0.3 is 5.32 Å². The summed E-state index contributed by atoms with van der Waals surface area (Å²) in [5, 5.41) is 4.82. The minimum Gasteiger partial charge on any atom is -0.310 e. The van der Waals surface area contributed by atoms with E-state index < -0.39 is 0 Å². The van der Waals surface area contributed by atoms with Crippen LogP contribution in [0.4, 0.5) is 0 Å². The van der Waals surface area contributed by atoms with Crippen LogP contribution in [0.2, 0.25) is 10.0 Å². The Kier molecular flexibility index (Phi) is 5.16. The quantitative estimate of drug-likeness (QED) is 0.604. The molecule has 15 heavy (non-hydrogen) atoms. The predicted octanol–water partition coefficient (Wildman–Crippen LogP) is 4.22. The van der Waals surface area contributed by atoms with Gasteiger partial charge in [-0.25, -0.2) is 0 Å². The molecule has 0 saturated heterocycles. The number of nitrogens with one attached hydrogen (secondary N) is 1.